The average molecular weight is 584 g/mol. The minimum Gasteiger partial charge on any atom is -0.444 e. The van der Waals surface area contributed by atoms with Crippen LogP contribution in [0.15, 0.2) is 42.5 Å². The summed E-state index contributed by atoms with van der Waals surface area (Å²) in [5.74, 6) is -0.611. The number of alkyl carbamates (subject to hydrolysis) is 1. The van der Waals surface area contributed by atoms with E-state index in [9.17, 15) is 14.4 Å². The Bertz CT molecular complexity index is 1140. The lowest BCUT2D eigenvalue weighted by atomic mass is 9.97. The van der Waals surface area contributed by atoms with E-state index < -0.39 is 23.8 Å². The molecule has 0 saturated heterocycles. The second kappa shape index (κ2) is 16.4. The maximum Gasteiger partial charge on any atom is 0.408 e. The van der Waals surface area contributed by atoms with Gasteiger partial charge < -0.3 is 20.3 Å². The quantitative estimate of drug-likeness (QED) is 0.161. The molecule has 0 aromatic heterocycles. The summed E-state index contributed by atoms with van der Waals surface area (Å²) in [6.07, 6.45) is 5.50. The van der Waals surface area contributed by atoms with Gasteiger partial charge in [-0.3, -0.25) is 9.59 Å². The zero-order valence-electron chi connectivity index (χ0n) is 25.9. The molecule has 0 heterocycles. The Labute approximate surface area is 252 Å². The van der Waals surface area contributed by atoms with Crippen molar-refractivity contribution in [1.29, 1.82) is 0 Å². The molecule has 0 saturated carbocycles. The predicted molar refractivity (Wildman–Crippen MR) is 171 cm³/mol. The normalized spacial score (nSPS) is 12.8. The molecule has 2 unspecified atom stereocenters. The van der Waals surface area contributed by atoms with Gasteiger partial charge >= 0.3 is 6.09 Å². The SMILES string of the molecule is CCCCCCCCN(C(=O)C(CS)NC(=O)OC(C)(C)C)C(C(=O)Nc1c(C)cccc1C)c1ccccc1C. The predicted octanol–water partition coefficient (Wildman–Crippen LogP) is 7.30. The van der Waals surface area contributed by atoms with E-state index in [4.69, 9.17) is 4.74 Å². The fraction of sp³-hybridized carbons (Fsp3) is 0.545. The van der Waals surface area contributed by atoms with E-state index in [1.807, 2.05) is 63.2 Å². The second-order valence-electron chi connectivity index (χ2n) is 11.7. The van der Waals surface area contributed by atoms with Crippen molar-refractivity contribution in [2.45, 2.75) is 105 Å². The topological polar surface area (TPSA) is 87.7 Å². The Morgan fingerprint density at radius 2 is 1.46 bits per heavy atom. The number of para-hydroxylation sites is 1. The maximum absolute atomic E-state index is 14.2. The molecule has 2 aromatic carbocycles. The van der Waals surface area contributed by atoms with Gasteiger partial charge in [-0.05, 0) is 70.2 Å². The third-order valence-corrected chi connectivity index (χ3v) is 7.34. The molecule has 0 bridgehead atoms. The van der Waals surface area contributed by atoms with Crippen LogP contribution in [0.4, 0.5) is 10.5 Å². The van der Waals surface area contributed by atoms with Gasteiger partial charge in [0, 0.05) is 18.0 Å². The lowest BCUT2D eigenvalue weighted by Crippen LogP contribution is -2.53. The standard InChI is InChI=1S/C33H49N3O4S/c1-8-9-10-11-12-15-21-36(31(38)27(22-41)34-32(39)40-33(5,6)7)29(26-20-14-13-17-23(26)2)30(37)35-28-24(3)18-16-19-25(28)4/h13-14,16-20,27,29,41H,8-12,15,21-22H2,1-7H3,(H,34,39)(H,35,37). The molecule has 0 fully saturated rings. The van der Waals surface area contributed by atoms with Crippen LogP contribution < -0.4 is 10.6 Å². The lowest BCUT2D eigenvalue weighted by molar-refractivity contribution is -0.140. The molecule has 0 aliphatic rings. The van der Waals surface area contributed by atoms with Gasteiger partial charge in [0.1, 0.15) is 17.7 Å². The third-order valence-electron chi connectivity index (χ3n) is 6.98. The number of carbonyl (C=O) groups excluding carboxylic acids is 3. The molecule has 41 heavy (non-hydrogen) atoms. The number of thiol groups is 1. The van der Waals surface area contributed by atoms with Gasteiger partial charge in [-0.1, -0.05) is 81.5 Å². The van der Waals surface area contributed by atoms with Crippen molar-refractivity contribution in [2.24, 2.45) is 0 Å². The van der Waals surface area contributed by atoms with E-state index in [0.717, 1.165) is 60.0 Å². The molecule has 8 heteroatoms. The summed E-state index contributed by atoms with van der Waals surface area (Å²) < 4.78 is 5.42. The van der Waals surface area contributed by atoms with Gasteiger partial charge in [-0.15, -0.1) is 0 Å². The molecule has 0 aliphatic carbocycles. The van der Waals surface area contributed by atoms with Gasteiger partial charge in [0.25, 0.3) is 5.91 Å². The number of anilines is 1. The van der Waals surface area contributed by atoms with Crippen LogP contribution in [0.2, 0.25) is 0 Å². The molecule has 3 amide bonds. The number of carbonyl (C=O) groups is 3. The van der Waals surface area contributed by atoms with Crippen molar-refractivity contribution in [2.75, 3.05) is 17.6 Å². The summed E-state index contributed by atoms with van der Waals surface area (Å²) in [4.78, 5) is 42.6. The summed E-state index contributed by atoms with van der Waals surface area (Å²) >= 11 is 4.40. The first-order valence-electron chi connectivity index (χ1n) is 14.7. The van der Waals surface area contributed by atoms with E-state index >= 15 is 0 Å². The van der Waals surface area contributed by atoms with Gasteiger partial charge in [0.05, 0.1) is 0 Å². The molecular formula is C33H49N3O4S. The summed E-state index contributed by atoms with van der Waals surface area (Å²) in [5.41, 5.74) is 3.54. The van der Waals surface area contributed by atoms with E-state index in [1.165, 1.54) is 6.42 Å². The highest BCUT2D eigenvalue weighted by molar-refractivity contribution is 7.80. The van der Waals surface area contributed by atoms with Gasteiger partial charge in [-0.25, -0.2) is 4.79 Å². The Morgan fingerprint density at radius 3 is 2.05 bits per heavy atom. The minimum atomic E-state index is -0.965. The van der Waals surface area contributed by atoms with Crippen LogP contribution in [0, 0.1) is 20.8 Å². The van der Waals surface area contributed by atoms with Gasteiger partial charge in [0.15, 0.2) is 0 Å². The monoisotopic (exact) mass is 583 g/mol. The Morgan fingerprint density at radius 1 is 0.878 bits per heavy atom. The Hall–Kier alpha value is -3.00. The highest BCUT2D eigenvalue weighted by atomic mass is 32.1. The van der Waals surface area contributed by atoms with E-state index in [-0.39, 0.29) is 17.6 Å². The van der Waals surface area contributed by atoms with Crippen molar-refractivity contribution >= 4 is 36.2 Å². The van der Waals surface area contributed by atoms with Crippen LogP contribution in [0.3, 0.4) is 0 Å². The van der Waals surface area contributed by atoms with Crippen LogP contribution in [-0.4, -0.2) is 46.7 Å². The number of unbranched alkanes of at least 4 members (excludes halogenated alkanes) is 5. The van der Waals surface area contributed by atoms with Crippen molar-refractivity contribution in [1.82, 2.24) is 10.2 Å². The number of rotatable bonds is 14. The summed E-state index contributed by atoms with van der Waals surface area (Å²) in [6, 6.07) is 11.6. The Kier molecular flexibility index (Phi) is 13.7. The van der Waals surface area contributed by atoms with E-state index in [2.05, 4.69) is 30.2 Å². The van der Waals surface area contributed by atoms with Crippen molar-refractivity contribution < 1.29 is 19.1 Å². The number of hydrogen-bond acceptors (Lipinski definition) is 5. The second-order valence-corrected chi connectivity index (χ2v) is 12.1. The fourth-order valence-corrected chi connectivity index (χ4v) is 5.06. The molecule has 2 atom stereocenters. The average Bonchev–Trinajstić information content (AvgIpc) is 2.90. The molecule has 7 nitrogen and oxygen atoms in total. The van der Waals surface area contributed by atoms with Gasteiger partial charge in [-0.2, -0.15) is 12.6 Å². The first-order chi connectivity index (χ1) is 19.4. The summed E-state index contributed by atoms with van der Waals surface area (Å²) in [7, 11) is 0. The first-order valence-corrected chi connectivity index (χ1v) is 15.4. The molecule has 2 N–H and O–H groups in total. The van der Waals surface area contributed by atoms with Crippen molar-refractivity contribution in [3.63, 3.8) is 0 Å². The van der Waals surface area contributed by atoms with Crippen LogP contribution in [0.1, 0.15) is 94.5 Å². The molecular weight excluding hydrogens is 534 g/mol. The number of aryl methyl sites for hydroxylation is 3. The number of hydrogen-bond donors (Lipinski definition) is 3. The molecule has 0 aliphatic heterocycles. The number of amides is 3. The number of ether oxygens (including phenoxy) is 1. The summed E-state index contributed by atoms with van der Waals surface area (Å²) in [6.45, 7) is 13.7. The van der Waals surface area contributed by atoms with Gasteiger partial charge in [0.2, 0.25) is 5.91 Å². The molecule has 2 rings (SSSR count). The molecule has 226 valence electrons. The minimum absolute atomic E-state index is 0.0596. The first kappa shape index (κ1) is 34.2. The van der Waals surface area contributed by atoms with E-state index in [0.29, 0.717) is 6.54 Å². The summed E-state index contributed by atoms with van der Waals surface area (Å²) in [5, 5.41) is 5.81. The Balaban J connectivity index is 2.50. The largest absolute Gasteiger partial charge is 0.444 e. The zero-order chi connectivity index (χ0) is 30.6. The fourth-order valence-electron chi connectivity index (χ4n) is 4.81. The van der Waals surface area contributed by atoms with Crippen molar-refractivity contribution in [3.05, 3.63) is 64.7 Å². The zero-order valence-corrected chi connectivity index (χ0v) is 26.8. The van der Waals surface area contributed by atoms with Crippen molar-refractivity contribution in [3.8, 4) is 0 Å². The van der Waals surface area contributed by atoms with Crippen LogP contribution in [-0.2, 0) is 14.3 Å². The smallest absolute Gasteiger partial charge is 0.408 e. The lowest BCUT2D eigenvalue weighted by Gasteiger charge is -2.35. The van der Waals surface area contributed by atoms with Crippen LogP contribution in [0.5, 0.6) is 0 Å². The number of benzene rings is 2. The third kappa shape index (κ3) is 10.7. The number of nitrogens with one attached hydrogen (secondary N) is 2. The number of nitrogens with zero attached hydrogens (tertiary/aromatic N) is 1. The molecule has 0 radical (unpaired) electrons. The highest BCUT2D eigenvalue weighted by Crippen LogP contribution is 2.29. The molecule has 2 aromatic rings. The molecule has 0 spiro atoms. The highest BCUT2D eigenvalue weighted by Gasteiger charge is 2.36. The van der Waals surface area contributed by atoms with Crippen LogP contribution in [0.25, 0.3) is 0 Å². The maximum atomic E-state index is 14.2. The van der Waals surface area contributed by atoms with Crippen LogP contribution >= 0.6 is 12.6 Å². The van der Waals surface area contributed by atoms with E-state index in [1.54, 1.807) is 25.7 Å².